The van der Waals surface area contributed by atoms with Crippen LogP contribution in [0.4, 0.5) is 4.79 Å². The summed E-state index contributed by atoms with van der Waals surface area (Å²) < 4.78 is 0. The fourth-order valence-corrected chi connectivity index (χ4v) is 3.76. The highest BCUT2D eigenvalue weighted by Crippen LogP contribution is 2.26. The van der Waals surface area contributed by atoms with E-state index in [1.807, 2.05) is 7.05 Å². The fourth-order valence-electron chi connectivity index (χ4n) is 3.76. The second kappa shape index (κ2) is 8.16. The second-order valence-corrected chi connectivity index (χ2v) is 7.42. The van der Waals surface area contributed by atoms with Crippen LogP contribution in [0, 0.1) is 11.8 Å². The Labute approximate surface area is 135 Å². The Morgan fingerprint density at radius 2 is 2.09 bits per heavy atom. The van der Waals surface area contributed by atoms with Gasteiger partial charge in [0.25, 0.3) is 0 Å². The van der Waals surface area contributed by atoms with E-state index in [1.165, 1.54) is 19.4 Å². The third-order valence-electron chi connectivity index (χ3n) is 5.30. The van der Waals surface area contributed by atoms with Gasteiger partial charge in [0.15, 0.2) is 0 Å². The Kier molecular flexibility index (Phi) is 6.50. The summed E-state index contributed by atoms with van der Waals surface area (Å²) >= 11 is 0. The molecular formula is C17H33N3O2. The van der Waals surface area contributed by atoms with Crippen LogP contribution >= 0.6 is 0 Å². The second-order valence-electron chi connectivity index (χ2n) is 7.42. The summed E-state index contributed by atoms with van der Waals surface area (Å²) in [4.78, 5) is 16.5. The molecule has 0 bridgehead atoms. The maximum Gasteiger partial charge on any atom is 0.317 e. The van der Waals surface area contributed by atoms with Crippen molar-refractivity contribution in [2.75, 3.05) is 33.2 Å². The lowest BCUT2D eigenvalue weighted by atomic mass is 9.97. The molecule has 2 amide bonds. The van der Waals surface area contributed by atoms with Gasteiger partial charge in [0, 0.05) is 38.6 Å². The van der Waals surface area contributed by atoms with Gasteiger partial charge >= 0.3 is 6.03 Å². The molecule has 22 heavy (non-hydrogen) atoms. The zero-order valence-corrected chi connectivity index (χ0v) is 14.4. The molecule has 0 aromatic rings. The Bertz CT molecular complexity index is 362. The zero-order chi connectivity index (χ0) is 16.1. The number of nitrogens with one attached hydrogen (secondary N) is 1. The largest absolute Gasteiger partial charge is 0.393 e. The molecule has 1 saturated carbocycles. The standard InChI is InChI=1S/C17H33N3O2/c1-13(2)20-9-5-6-14(11-20)10-18-17(22)19(3)12-15-7-4-8-16(15)21/h13-16,21H,4-12H2,1-3H3,(H,18,22). The molecule has 1 aliphatic carbocycles. The molecule has 1 saturated heterocycles. The molecule has 0 radical (unpaired) electrons. The van der Waals surface area contributed by atoms with E-state index in [2.05, 4.69) is 24.1 Å². The summed E-state index contributed by atoms with van der Waals surface area (Å²) in [6.07, 6.45) is 5.19. The molecule has 1 heterocycles. The van der Waals surface area contributed by atoms with Crippen LogP contribution in [0.15, 0.2) is 0 Å². The number of carbonyl (C=O) groups excluding carboxylic acids is 1. The molecule has 5 nitrogen and oxygen atoms in total. The summed E-state index contributed by atoms with van der Waals surface area (Å²) in [6, 6.07) is 0.589. The Balaban J connectivity index is 1.70. The molecule has 0 spiro atoms. The van der Waals surface area contributed by atoms with Crippen LogP contribution in [-0.4, -0.2) is 66.3 Å². The number of aliphatic hydroxyl groups is 1. The lowest BCUT2D eigenvalue weighted by Gasteiger charge is -2.35. The van der Waals surface area contributed by atoms with Gasteiger partial charge in [-0.15, -0.1) is 0 Å². The number of nitrogens with zero attached hydrogens (tertiary/aromatic N) is 2. The molecule has 128 valence electrons. The van der Waals surface area contributed by atoms with E-state index in [0.717, 1.165) is 32.4 Å². The number of hydrogen-bond donors (Lipinski definition) is 2. The van der Waals surface area contributed by atoms with Crippen molar-refractivity contribution in [2.24, 2.45) is 11.8 Å². The van der Waals surface area contributed by atoms with E-state index >= 15 is 0 Å². The number of carbonyl (C=O) groups is 1. The molecule has 2 fully saturated rings. The number of amides is 2. The van der Waals surface area contributed by atoms with Gasteiger partial charge < -0.3 is 20.2 Å². The van der Waals surface area contributed by atoms with Gasteiger partial charge in [0.1, 0.15) is 0 Å². The topological polar surface area (TPSA) is 55.8 Å². The van der Waals surface area contributed by atoms with Crippen LogP contribution in [-0.2, 0) is 0 Å². The molecule has 5 heteroatoms. The van der Waals surface area contributed by atoms with Gasteiger partial charge in [0.2, 0.25) is 0 Å². The maximum absolute atomic E-state index is 12.2. The maximum atomic E-state index is 12.2. The summed E-state index contributed by atoms with van der Waals surface area (Å²) in [5.74, 6) is 0.812. The van der Waals surface area contributed by atoms with Crippen molar-refractivity contribution < 1.29 is 9.90 Å². The van der Waals surface area contributed by atoms with Crippen molar-refractivity contribution in [3.05, 3.63) is 0 Å². The fraction of sp³-hybridized carbons (Fsp3) is 0.941. The number of aliphatic hydroxyl groups excluding tert-OH is 1. The average molecular weight is 311 g/mol. The zero-order valence-electron chi connectivity index (χ0n) is 14.4. The molecule has 2 aliphatic rings. The summed E-state index contributed by atoms with van der Waals surface area (Å²) in [5, 5.41) is 12.9. The first-order chi connectivity index (χ1) is 10.5. The quantitative estimate of drug-likeness (QED) is 0.815. The normalized spacial score (nSPS) is 29.8. The van der Waals surface area contributed by atoms with Gasteiger partial charge in [-0.2, -0.15) is 0 Å². The number of urea groups is 1. The molecule has 3 atom stereocenters. The van der Waals surface area contributed by atoms with Crippen molar-refractivity contribution in [3.63, 3.8) is 0 Å². The van der Waals surface area contributed by atoms with Gasteiger partial charge in [0.05, 0.1) is 6.10 Å². The van der Waals surface area contributed by atoms with Gasteiger partial charge in [-0.05, 0) is 52.0 Å². The molecule has 0 aromatic carbocycles. The van der Waals surface area contributed by atoms with Crippen molar-refractivity contribution in [1.82, 2.24) is 15.1 Å². The van der Waals surface area contributed by atoms with E-state index in [4.69, 9.17) is 0 Å². The van der Waals surface area contributed by atoms with Gasteiger partial charge in [-0.25, -0.2) is 4.79 Å². The van der Waals surface area contributed by atoms with Crippen molar-refractivity contribution >= 4 is 6.03 Å². The first kappa shape index (κ1) is 17.5. The molecule has 2 N–H and O–H groups in total. The third-order valence-corrected chi connectivity index (χ3v) is 5.30. The van der Waals surface area contributed by atoms with Crippen LogP contribution in [0.25, 0.3) is 0 Å². The number of likely N-dealkylation sites (tertiary alicyclic amines) is 1. The van der Waals surface area contributed by atoms with Crippen LogP contribution < -0.4 is 5.32 Å². The highest BCUT2D eigenvalue weighted by Gasteiger charge is 2.28. The minimum Gasteiger partial charge on any atom is -0.393 e. The van der Waals surface area contributed by atoms with E-state index in [-0.39, 0.29) is 18.1 Å². The summed E-state index contributed by atoms with van der Waals surface area (Å²) in [7, 11) is 1.83. The van der Waals surface area contributed by atoms with Crippen LogP contribution in [0.1, 0.15) is 46.0 Å². The van der Waals surface area contributed by atoms with E-state index in [1.54, 1.807) is 4.90 Å². The van der Waals surface area contributed by atoms with E-state index in [0.29, 0.717) is 18.5 Å². The number of piperidine rings is 1. The minimum atomic E-state index is -0.229. The highest BCUT2D eigenvalue weighted by molar-refractivity contribution is 5.73. The molecule has 2 rings (SSSR count). The molecule has 0 aromatic heterocycles. The minimum absolute atomic E-state index is 0.000713. The van der Waals surface area contributed by atoms with Crippen LogP contribution in [0.5, 0.6) is 0 Å². The predicted molar refractivity (Wildman–Crippen MR) is 88.8 cm³/mol. The highest BCUT2D eigenvalue weighted by atomic mass is 16.3. The molecule has 1 aliphatic heterocycles. The van der Waals surface area contributed by atoms with Crippen molar-refractivity contribution in [1.29, 1.82) is 0 Å². The number of rotatable bonds is 5. The molecule has 3 unspecified atom stereocenters. The predicted octanol–water partition coefficient (Wildman–Crippen LogP) is 1.91. The van der Waals surface area contributed by atoms with Crippen molar-refractivity contribution in [3.8, 4) is 0 Å². The van der Waals surface area contributed by atoms with E-state index in [9.17, 15) is 9.90 Å². The van der Waals surface area contributed by atoms with Crippen LogP contribution in [0.2, 0.25) is 0 Å². The lowest BCUT2D eigenvalue weighted by molar-refractivity contribution is 0.112. The molecular weight excluding hydrogens is 278 g/mol. The Hall–Kier alpha value is -0.810. The monoisotopic (exact) mass is 311 g/mol. The SMILES string of the molecule is CC(C)N1CCCC(CNC(=O)N(C)CC2CCCC2O)C1. The first-order valence-corrected chi connectivity index (χ1v) is 8.88. The van der Waals surface area contributed by atoms with Gasteiger partial charge in [-0.1, -0.05) is 6.42 Å². The van der Waals surface area contributed by atoms with Crippen LogP contribution in [0.3, 0.4) is 0 Å². The van der Waals surface area contributed by atoms with E-state index < -0.39 is 0 Å². The smallest absolute Gasteiger partial charge is 0.317 e. The first-order valence-electron chi connectivity index (χ1n) is 8.88. The summed E-state index contributed by atoms with van der Waals surface area (Å²) in [6.45, 7) is 8.17. The van der Waals surface area contributed by atoms with Crippen molar-refractivity contribution in [2.45, 2.75) is 58.1 Å². The van der Waals surface area contributed by atoms with Gasteiger partial charge in [-0.3, -0.25) is 0 Å². The Morgan fingerprint density at radius 1 is 1.32 bits per heavy atom. The average Bonchev–Trinajstić information content (AvgIpc) is 2.90. The lowest BCUT2D eigenvalue weighted by Crippen LogP contribution is -2.46. The summed E-state index contributed by atoms with van der Waals surface area (Å²) in [5.41, 5.74) is 0. The number of hydrogen-bond acceptors (Lipinski definition) is 3. The third kappa shape index (κ3) is 4.85. The Morgan fingerprint density at radius 3 is 2.73 bits per heavy atom.